The molecule has 2 rings (SSSR count). The van der Waals surface area contributed by atoms with E-state index in [2.05, 4.69) is 5.48 Å². The lowest BCUT2D eigenvalue weighted by atomic mass is 10.1. The highest BCUT2D eigenvalue weighted by Gasteiger charge is 2.16. The van der Waals surface area contributed by atoms with E-state index in [9.17, 15) is 0 Å². The molecule has 1 N–H and O–H groups in total. The van der Waals surface area contributed by atoms with E-state index in [1.807, 2.05) is 0 Å². The van der Waals surface area contributed by atoms with Gasteiger partial charge in [0.1, 0.15) is 0 Å². The minimum atomic E-state index is 0.479. The Kier molecular flexibility index (Phi) is 4.90. The molecule has 0 spiro atoms. The van der Waals surface area contributed by atoms with E-state index in [1.165, 1.54) is 44.9 Å². The molecule has 1 unspecified atom stereocenters. The molecule has 1 aliphatic carbocycles. The maximum atomic E-state index is 5.58. The third-order valence-electron chi connectivity index (χ3n) is 3.38. The van der Waals surface area contributed by atoms with Crippen molar-refractivity contribution in [2.24, 2.45) is 0 Å². The predicted octanol–water partition coefficient (Wildman–Crippen LogP) is 2.41. The van der Waals surface area contributed by atoms with Gasteiger partial charge in [-0.3, -0.25) is 4.84 Å². The first-order valence-electron chi connectivity index (χ1n) is 6.45. The molecule has 1 heterocycles. The quantitative estimate of drug-likeness (QED) is 0.543. The van der Waals surface area contributed by atoms with Gasteiger partial charge in [0.25, 0.3) is 0 Å². The van der Waals surface area contributed by atoms with E-state index in [1.54, 1.807) is 0 Å². The van der Waals surface area contributed by atoms with Gasteiger partial charge < -0.3 is 4.74 Å². The molecule has 1 atom stereocenters. The molecule has 0 aromatic carbocycles. The summed E-state index contributed by atoms with van der Waals surface area (Å²) in [5.41, 5.74) is 3.10. The minimum Gasteiger partial charge on any atom is -0.378 e. The molecule has 1 aliphatic heterocycles. The summed E-state index contributed by atoms with van der Waals surface area (Å²) in [7, 11) is 0. The zero-order chi connectivity index (χ0) is 10.3. The fourth-order valence-electron chi connectivity index (χ4n) is 2.46. The van der Waals surface area contributed by atoms with Crippen LogP contribution in [0.15, 0.2) is 0 Å². The Hall–Kier alpha value is -0.120. The van der Waals surface area contributed by atoms with Crippen molar-refractivity contribution in [3.05, 3.63) is 0 Å². The van der Waals surface area contributed by atoms with E-state index < -0.39 is 0 Å². The molecule has 0 aromatic rings. The molecule has 15 heavy (non-hydrogen) atoms. The normalized spacial score (nSPS) is 27.6. The maximum Gasteiger partial charge on any atom is 0.0790 e. The zero-order valence-electron chi connectivity index (χ0n) is 9.54. The van der Waals surface area contributed by atoms with Gasteiger partial charge in [-0.2, -0.15) is 0 Å². The van der Waals surface area contributed by atoms with Crippen LogP contribution in [0, 0.1) is 0 Å². The van der Waals surface area contributed by atoms with E-state index in [-0.39, 0.29) is 0 Å². The molecule has 0 amide bonds. The van der Waals surface area contributed by atoms with Gasteiger partial charge in [0.2, 0.25) is 0 Å². The van der Waals surface area contributed by atoms with Crippen molar-refractivity contribution in [1.82, 2.24) is 5.48 Å². The Morgan fingerprint density at radius 1 is 1.13 bits per heavy atom. The van der Waals surface area contributed by atoms with Gasteiger partial charge in [0.15, 0.2) is 0 Å². The number of nitrogens with one attached hydrogen (secondary N) is 1. The van der Waals surface area contributed by atoms with Crippen LogP contribution in [0.5, 0.6) is 0 Å². The summed E-state index contributed by atoms with van der Waals surface area (Å²) in [6.07, 6.45) is 11.0. The molecular formula is C12H23NO2. The first-order valence-corrected chi connectivity index (χ1v) is 6.45. The fraction of sp³-hybridized carbons (Fsp3) is 1.00. The SMILES string of the molecule is C(CNOC1CCCC1)CC1CCCO1. The standard InChI is InChI=1S/C12H23NO2/c1-2-6-12(5-1)15-13-9-3-7-11-8-4-10-14-11/h11-13H,1-10H2. The van der Waals surface area contributed by atoms with Gasteiger partial charge in [-0.1, -0.05) is 12.8 Å². The Balaban J connectivity index is 1.41. The van der Waals surface area contributed by atoms with Crippen LogP contribution in [0.4, 0.5) is 0 Å². The van der Waals surface area contributed by atoms with Crippen molar-refractivity contribution < 1.29 is 9.57 Å². The van der Waals surface area contributed by atoms with Crippen LogP contribution in [0.2, 0.25) is 0 Å². The van der Waals surface area contributed by atoms with Crippen LogP contribution >= 0.6 is 0 Å². The van der Waals surface area contributed by atoms with E-state index in [0.29, 0.717) is 12.2 Å². The van der Waals surface area contributed by atoms with Crippen LogP contribution in [0.3, 0.4) is 0 Å². The number of hydrogen-bond acceptors (Lipinski definition) is 3. The topological polar surface area (TPSA) is 30.5 Å². The average molecular weight is 213 g/mol. The summed E-state index contributed by atoms with van der Waals surface area (Å²) in [5.74, 6) is 0. The second-order valence-electron chi connectivity index (χ2n) is 4.70. The molecule has 0 bridgehead atoms. The smallest absolute Gasteiger partial charge is 0.0790 e. The molecule has 2 fully saturated rings. The van der Waals surface area contributed by atoms with Crippen LogP contribution < -0.4 is 5.48 Å². The molecule has 3 heteroatoms. The predicted molar refractivity (Wildman–Crippen MR) is 59.6 cm³/mol. The molecule has 3 nitrogen and oxygen atoms in total. The Morgan fingerprint density at radius 3 is 2.73 bits per heavy atom. The summed E-state index contributed by atoms with van der Waals surface area (Å²) in [4.78, 5) is 5.58. The number of hydrogen-bond donors (Lipinski definition) is 1. The zero-order valence-corrected chi connectivity index (χ0v) is 9.54. The van der Waals surface area contributed by atoms with E-state index >= 15 is 0 Å². The van der Waals surface area contributed by atoms with Gasteiger partial charge in [-0.05, 0) is 38.5 Å². The molecule has 0 aromatic heterocycles. The van der Waals surface area contributed by atoms with Gasteiger partial charge in [-0.25, -0.2) is 5.48 Å². The van der Waals surface area contributed by atoms with Crippen molar-refractivity contribution in [3.63, 3.8) is 0 Å². The van der Waals surface area contributed by atoms with Crippen molar-refractivity contribution in [3.8, 4) is 0 Å². The lowest BCUT2D eigenvalue weighted by Crippen LogP contribution is -2.23. The van der Waals surface area contributed by atoms with Gasteiger partial charge in [-0.15, -0.1) is 0 Å². The van der Waals surface area contributed by atoms with Crippen LogP contribution in [-0.4, -0.2) is 25.4 Å². The van der Waals surface area contributed by atoms with Gasteiger partial charge in [0.05, 0.1) is 12.2 Å². The third kappa shape index (κ3) is 4.09. The highest BCUT2D eigenvalue weighted by atomic mass is 16.7. The molecule has 1 saturated carbocycles. The van der Waals surface area contributed by atoms with Crippen molar-refractivity contribution in [1.29, 1.82) is 0 Å². The average Bonchev–Trinajstić information content (AvgIpc) is 2.88. The van der Waals surface area contributed by atoms with Crippen LogP contribution in [-0.2, 0) is 9.57 Å². The Bertz CT molecular complexity index is 145. The summed E-state index contributed by atoms with van der Waals surface area (Å²) in [6, 6.07) is 0. The lowest BCUT2D eigenvalue weighted by Gasteiger charge is -2.12. The monoisotopic (exact) mass is 213 g/mol. The highest BCUT2D eigenvalue weighted by molar-refractivity contribution is 4.66. The number of ether oxygens (including phenoxy) is 1. The molecular weight excluding hydrogens is 190 g/mol. The largest absolute Gasteiger partial charge is 0.378 e. The summed E-state index contributed by atoms with van der Waals surface area (Å²) >= 11 is 0. The van der Waals surface area contributed by atoms with Crippen molar-refractivity contribution in [2.75, 3.05) is 13.2 Å². The molecule has 88 valence electrons. The van der Waals surface area contributed by atoms with Gasteiger partial charge >= 0.3 is 0 Å². The van der Waals surface area contributed by atoms with E-state index in [0.717, 1.165) is 19.6 Å². The number of rotatable bonds is 6. The third-order valence-corrected chi connectivity index (χ3v) is 3.38. The second kappa shape index (κ2) is 6.46. The first-order chi connectivity index (χ1) is 7.45. The van der Waals surface area contributed by atoms with Crippen molar-refractivity contribution in [2.45, 2.75) is 63.6 Å². The highest BCUT2D eigenvalue weighted by Crippen LogP contribution is 2.20. The van der Waals surface area contributed by atoms with Crippen LogP contribution in [0.1, 0.15) is 51.4 Å². The second-order valence-corrected chi connectivity index (χ2v) is 4.70. The number of hydroxylamine groups is 1. The minimum absolute atomic E-state index is 0.479. The first kappa shape index (κ1) is 11.4. The molecule has 2 aliphatic rings. The van der Waals surface area contributed by atoms with E-state index in [4.69, 9.17) is 9.57 Å². The Morgan fingerprint density at radius 2 is 2.00 bits per heavy atom. The Labute approximate surface area is 92.5 Å². The fourth-order valence-corrected chi connectivity index (χ4v) is 2.46. The summed E-state index contributed by atoms with van der Waals surface area (Å²) < 4.78 is 5.56. The van der Waals surface area contributed by atoms with Crippen molar-refractivity contribution >= 4 is 0 Å². The lowest BCUT2D eigenvalue weighted by molar-refractivity contribution is -0.0224. The van der Waals surface area contributed by atoms with Crippen LogP contribution in [0.25, 0.3) is 0 Å². The maximum absolute atomic E-state index is 5.58. The molecule has 1 saturated heterocycles. The van der Waals surface area contributed by atoms with Gasteiger partial charge in [0, 0.05) is 13.2 Å². The molecule has 0 radical (unpaired) electrons. The summed E-state index contributed by atoms with van der Waals surface area (Å²) in [6.45, 7) is 1.94. The summed E-state index contributed by atoms with van der Waals surface area (Å²) in [5, 5.41) is 0.